The van der Waals surface area contributed by atoms with Crippen LogP contribution in [0.1, 0.15) is 31.2 Å². The molecule has 224 valence electrons. The van der Waals surface area contributed by atoms with Gasteiger partial charge in [-0.2, -0.15) is 13.2 Å². The van der Waals surface area contributed by atoms with Crippen molar-refractivity contribution in [3.63, 3.8) is 0 Å². The van der Waals surface area contributed by atoms with Crippen molar-refractivity contribution in [1.29, 1.82) is 0 Å². The van der Waals surface area contributed by atoms with E-state index >= 15 is 0 Å². The van der Waals surface area contributed by atoms with Crippen molar-refractivity contribution in [2.75, 3.05) is 33.7 Å². The van der Waals surface area contributed by atoms with Gasteiger partial charge in [0.1, 0.15) is 6.04 Å². The number of piperidine rings is 1. The lowest BCUT2D eigenvalue weighted by Crippen LogP contribution is -2.53. The van der Waals surface area contributed by atoms with Gasteiger partial charge in [-0.25, -0.2) is 26.4 Å². The number of carbonyl (C=O) groups excluding carboxylic acids is 2. The topological polar surface area (TPSA) is 124 Å². The van der Waals surface area contributed by atoms with Crippen LogP contribution in [0, 0.1) is 0 Å². The van der Waals surface area contributed by atoms with Gasteiger partial charge in [-0.1, -0.05) is 18.2 Å². The Kier molecular flexibility index (Phi) is 8.71. The Morgan fingerprint density at radius 2 is 1.54 bits per heavy atom. The fourth-order valence-corrected chi connectivity index (χ4v) is 8.02. The van der Waals surface area contributed by atoms with Crippen molar-refractivity contribution >= 4 is 31.8 Å². The molecular weight excluding hydrogens is 585 g/mol. The Balaban J connectivity index is 1.52. The molecule has 2 heterocycles. The summed E-state index contributed by atoms with van der Waals surface area (Å²) in [7, 11) is -5.92. The zero-order valence-electron chi connectivity index (χ0n) is 22.5. The number of halogens is 3. The summed E-state index contributed by atoms with van der Waals surface area (Å²) in [5.41, 5.74) is -1.49. The van der Waals surface area contributed by atoms with Gasteiger partial charge in [0.2, 0.25) is 25.8 Å². The Hall–Kier alpha value is -3.17. The highest BCUT2D eigenvalue weighted by molar-refractivity contribution is 7.91. The molecule has 1 atom stereocenters. The molecule has 2 aromatic rings. The minimum Gasteiger partial charge on any atom is -0.341 e. The number of sulfone groups is 1. The number of rotatable bonds is 6. The summed E-state index contributed by atoms with van der Waals surface area (Å²) in [5.74, 6) is -0.253. The lowest BCUT2D eigenvalue weighted by molar-refractivity contribution is -0.140. The van der Waals surface area contributed by atoms with E-state index in [0.29, 0.717) is 31.5 Å². The zero-order valence-corrected chi connectivity index (χ0v) is 24.1. The standard InChI is InChI=1S/C26H31F3N4O6S2/c1-31(2)25(35)33-14-6-9-22(33)24(34)32-15-12-18(13-16-32)30-41(38,39)23-17-20(10-11-21(23)26(27,28)29)40(36,37)19-7-4-3-5-8-19/h3-5,7-8,10-11,17-18,22,30H,6,9,12-16H2,1-2H3/t22-/m0/s1. The average Bonchev–Trinajstić information content (AvgIpc) is 3.42. The number of hydrogen-bond donors (Lipinski definition) is 1. The van der Waals surface area contributed by atoms with E-state index in [0.717, 1.165) is 6.07 Å². The van der Waals surface area contributed by atoms with E-state index in [4.69, 9.17) is 0 Å². The van der Waals surface area contributed by atoms with Crippen molar-refractivity contribution < 1.29 is 39.6 Å². The number of amides is 3. The van der Waals surface area contributed by atoms with Crippen LogP contribution in [0.5, 0.6) is 0 Å². The number of carbonyl (C=O) groups is 2. The number of urea groups is 1. The van der Waals surface area contributed by atoms with Gasteiger partial charge in [0, 0.05) is 39.8 Å². The van der Waals surface area contributed by atoms with Gasteiger partial charge in [0.25, 0.3) is 0 Å². The number of nitrogens with zero attached hydrogens (tertiary/aromatic N) is 3. The van der Waals surface area contributed by atoms with E-state index < -0.39 is 53.5 Å². The fourth-order valence-electron chi connectivity index (χ4n) is 5.08. The monoisotopic (exact) mass is 616 g/mol. The lowest BCUT2D eigenvalue weighted by atomic mass is 10.0. The highest BCUT2D eigenvalue weighted by Crippen LogP contribution is 2.36. The molecule has 2 saturated heterocycles. The third kappa shape index (κ3) is 6.51. The largest absolute Gasteiger partial charge is 0.417 e. The van der Waals surface area contributed by atoms with E-state index in [2.05, 4.69) is 4.72 Å². The van der Waals surface area contributed by atoms with Crippen LogP contribution in [0.25, 0.3) is 0 Å². The van der Waals surface area contributed by atoms with Gasteiger partial charge in [0.15, 0.2) is 0 Å². The van der Waals surface area contributed by atoms with Gasteiger partial charge in [-0.15, -0.1) is 0 Å². The first-order valence-corrected chi connectivity index (χ1v) is 15.9. The van der Waals surface area contributed by atoms with Gasteiger partial charge >= 0.3 is 12.2 Å². The molecule has 1 N–H and O–H groups in total. The average molecular weight is 617 g/mol. The smallest absolute Gasteiger partial charge is 0.341 e. The van der Waals surface area contributed by atoms with E-state index in [1.54, 1.807) is 20.2 Å². The number of hydrogen-bond acceptors (Lipinski definition) is 6. The van der Waals surface area contributed by atoms with E-state index in [1.165, 1.54) is 39.0 Å². The van der Waals surface area contributed by atoms with Gasteiger partial charge in [-0.3, -0.25) is 4.79 Å². The van der Waals surface area contributed by atoms with E-state index in [1.807, 2.05) is 0 Å². The third-order valence-electron chi connectivity index (χ3n) is 7.21. The highest BCUT2D eigenvalue weighted by Gasteiger charge is 2.41. The SMILES string of the molecule is CN(C)C(=O)N1CCC[C@H]1C(=O)N1CCC(NS(=O)(=O)c2cc(S(=O)(=O)c3ccccc3)ccc2C(F)(F)F)CC1. The summed E-state index contributed by atoms with van der Waals surface area (Å²) in [6.07, 6.45) is -3.63. The quantitative estimate of drug-likeness (QED) is 0.533. The first-order valence-electron chi connectivity index (χ1n) is 12.9. The summed E-state index contributed by atoms with van der Waals surface area (Å²) < 4.78 is 96.3. The van der Waals surface area contributed by atoms with Crippen molar-refractivity contribution in [3.8, 4) is 0 Å². The Morgan fingerprint density at radius 1 is 0.902 bits per heavy atom. The molecule has 41 heavy (non-hydrogen) atoms. The summed E-state index contributed by atoms with van der Waals surface area (Å²) in [5, 5.41) is 0. The Morgan fingerprint density at radius 3 is 2.12 bits per heavy atom. The molecule has 2 fully saturated rings. The second-order valence-corrected chi connectivity index (χ2v) is 13.9. The molecule has 0 aromatic heterocycles. The predicted octanol–water partition coefficient (Wildman–Crippen LogP) is 2.95. The van der Waals surface area contributed by atoms with Crippen LogP contribution >= 0.6 is 0 Å². The number of alkyl halides is 3. The van der Waals surface area contributed by atoms with Crippen LogP contribution in [-0.2, 0) is 30.8 Å². The van der Waals surface area contributed by atoms with Crippen molar-refractivity contribution in [2.45, 2.75) is 58.6 Å². The van der Waals surface area contributed by atoms with Gasteiger partial charge in [-0.05, 0) is 56.0 Å². The molecule has 2 aliphatic rings. The van der Waals surface area contributed by atoms with E-state index in [-0.39, 0.29) is 42.8 Å². The molecule has 2 aliphatic heterocycles. The maximum Gasteiger partial charge on any atom is 0.417 e. The molecule has 4 rings (SSSR count). The highest BCUT2D eigenvalue weighted by atomic mass is 32.2. The van der Waals surface area contributed by atoms with Crippen LogP contribution < -0.4 is 4.72 Å². The second kappa shape index (κ2) is 11.6. The number of likely N-dealkylation sites (tertiary alicyclic amines) is 2. The van der Waals surface area contributed by atoms with Crippen LogP contribution in [0.3, 0.4) is 0 Å². The molecule has 2 aromatic carbocycles. The number of benzene rings is 2. The molecule has 3 amide bonds. The van der Waals surface area contributed by atoms with Crippen LogP contribution in [-0.4, -0.2) is 89.3 Å². The Bertz CT molecular complexity index is 1510. The summed E-state index contributed by atoms with van der Waals surface area (Å²) in [6.45, 7) is 0.729. The Labute approximate surface area is 237 Å². The minimum atomic E-state index is -5.06. The summed E-state index contributed by atoms with van der Waals surface area (Å²) in [6, 6.07) is 7.00. The molecule has 0 saturated carbocycles. The molecule has 0 bridgehead atoms. The summed E-state index contributed by atoms with van der Waals surface area (Å²) >= 11 is 0. The molecule has 0 radical (unpaired) electrons. The lowest BCUT2D eigenvalue weighted by Gasteiger charge is -2.36. The zero-order chi connectivity index (χ0) is 30.2. The maximum atomic E-state index is 13.8. The van der Waals surface area contributed by atoms with Gasteiger partial charge < -0.3 is 14.7 Å². The van der Waals surface area contributed by atoms with Gasteiger partial charge in [0.05, 0.1) is 20.2 Å². The number of sulfonamides is 1. The molecule has 0 aliphatic carbocycles. The van der Waals surface area contributed by atoms with Crippen molar-refractivity contribution in [1.82, 2.24) is 19.4 Å². The van der Waals surface area contributed by atoms with Crippen molar-refractivity contribution in [3.05, 3.63) is 54.1 Å². The van der Waals surface area contributed by atoms with Crippen LogP contribution in [0.4, 0.5) is 18.0 Å². The fraction of sp³-hybridized carbons (Fsp3) is 0.462. The third-order valence-corrected chi connectivity index (χ3v) is 10.5. The molecule has 0 unspecified atom stereocenters. The van der Waals surface area contributed by atoms with Crippen molar-refractivity contribution in [2.24, 2.45) is 0 Å². The molecule has 0 spiro atoms. The molecule has 15 heteroatoms. The first-order chi connectivity index (χ1) is 19.1. The van der Waals surface area contributed by atoms with Crippen LogP contribution in [0.15, 0.2) is 63.2 Å². The normalized spacial score (nSPS) is 18.9. The number of nitrogens with one attached hydrogen (secondary N) is 1. The van der Waals surface area contributed by atoms with E-state index in [9.17, 15) is 39.6 Å². The predicted molar refractivity (Wildman–Crippen MR) is 142 cm³/mol. The molecule has 10 nitrogen and oxygen atoms in total. The first kappa shape index (κ1) is 30.8. The molecular formula is C26H31F3N4O6S2. The minimum absolute atomic E-state index is 0.128. The van der Waals surface area contributed by atoms with Crippen LogP contribution in [0.2, 0.25) is 0 Å². The maximum absolute atomic E-state index is 13.8. The summed E-state index contributed by atoms with van der Waals surface area (Å²) in [4.78, 5) is 28.0. The second-order valence-electron chi connectivity index (χ2n) is 10.2.